The predicted molar refractivity (Wildman–Crippen MR) is 57.1 cm³/mol. The third-order valence-electron chi connectivity index (χ3n) is 2.06. The van der Waals surface area contributed by atoms with Gasteiger partial charge in [0.25, 0.3) is 0 Å². The molecule has 1 heterocycles. The zero-order valence-corrected chi connectivity index (χ0v) is 8.64. The summed E-state index contributed by atoms with van der Waals surface area (Å²) in [6, 6.07) is 8.70. The summed E-state index contributed by atoms with van der Waals surface area (Å²) in [5.74, 6) is 2.26. The van der Waals surface area contributed by atoms with Crippen molar-refractivity contribution in [1.82, 2.24) is 0 Å². The van der Waals surface area contributed by atoms with Crippen LogP contribution < -0.4 is 0 Å². The Morgan fingerprint density at radius 1 is 1.54 bits per heavy atom. The van der Waals surface area contributed by atoms with Crippen molar-refractivity contribution in [1.29, 1.82) is 0 Å². The quantitative estimate of drug-likeness (QED) is 0.683. The number of hydrogen-bond donors (Lipinski definition) is 0. The van der Waals surface area contributed by atoms with Crippen LogP contribution in [0.4, 0.5) is 0 Å². The van der Waals surface area contributed by atoms with Gasteiger partial charge >= 0.3 is 0 Å². The predicted octanol–water partition coefficient (Wildman–Crippen LogP) is 2.63. The molecule has 1 atom stereocenters. The van der Waals surface area contributed by atoms with Gasteiger partial charge in [0.05, 0.1) is 12.7 Å². The second kappa shape index (κ2) is 4.16. The van der Waals surface area contributed by atoms with Gasteiger partial charge in [0.15, 0.2) is 0 Å². The highest BCUT2D eigenvalue weighted by molar-refractivity contribution is 7.98. The minimum Gasteiger partial charge on any atom is -0.372 e. The van der Waals surface area contributed by atoms with Crippen molar-refractivity contribution < 1.29 is 4.74 Å². The van der Waals surface area contributed by atoms with Crippen LogP contribution in [0.15, 0.2) is 24.3 Å². The van der Waals surface area contributed by atoms with E-state index in [0.717, 1.165) is 18.1 Å². The monoisotopic (exact) mass is 194 g/mol. The van der Waals surface area contributed by atoms with Gasteiger partial charge in [-0.2, -0.15) is 11.8 Å². The van der Waals surface area contributed by atoms with Crippen molar-refractivity contribution in [3.05, 3.63) is 35.4 Å². The fraction of sp³-hybridized carbons (Fsp3) is 0.455. The summed E-state index contributed by atoms with van der Waals surface area (Å²) in [7, 11) is 0. The Balaban J connectivity index is 1.79. The smallest absolute Gasteiger partial charge is 0.0900 e. The summed E-state index contributed by atoms with van der Waals surface area (Å²) < 4.78 is 5.15. The minimum absolute atomic E-state index is 0.551. The molecule has 1 fully saturated rings. The Kier molecular flexibility index (Phi) is 2.91. The standard InChI is InChI=1S/C11H14OS/c1-9-3-2-4-10(5-9)7-13-8-11-6-12-11/h2-5,11H,6-8H2,1H3. The SMILES string of the molecule is Cc1cccc(CSCC2CO2)c1. The van der Waals surface area contributed by atoms with Crippen LogP contribution >= 0.6 is 11.8 Å². The van der Waals surface area contributed by atoms with Crippen LogP contribution in [0.5, 0.6) is 0 Å². The van der Waals surface area contributed by atoms with E-state index in [-0.39, 0.29) is 0 Å². The van der Waals surface area contributed by atoms with Gasteiger partial charge in [0, 0.05) is 11.5 Å². The molecule has 13 heavy (non-hydrogen) atoms. The van der Waals surface area contributed by atoms with Gasteiger partial charge in [-0.15, -0.1) is 0 Å². The average Bonchev–Trinajstić information content (AvgIpc) is 2.88. The van der Waals surface area contributed by atoms with Crippen LogP contribution in [0, 0.1) is 6.92 Å². The van der Waals surface area contributed by atoms with Crippen LogP contribution in [-0.2, 0) is 10.5 Å². The van der Waals surface area contributed by atoms with E-state index < -0.39 is 0 Å². The highest BCUT2D eigenvalue weighted by Crippen LogP contribution is 2.20. The number of hydrogen-bond acceptors (Lipinski definition) is 2. The van der Waals surface area contributed by atoms with Gasteiger partial charge in [0.2, 0.25) is 0 Å². The second-order valence-corrected chi connectivity index (χ2v) is 4.49. The molecule has 0 bridgehead atoms. The number of thioether (sulfide) groups is 1. The van der Waals surface area contributed by atoms with Gasteiger partial charge in [0.1, 0.15) is 0 Å². The molecule has 0 radical (unpaired) electrons. The van der Waals surface area contributed by atoms with Gasteiger partial charge in [-0.1, -0.05) is 29.8 Å². The third kappa shape index (κ3) is 3.05. The van der Waals surface area contributed by atoms with Crippen molar-refractivity contribution in [2.75, 3.05) is 12.4 Å². The molecule has 0 saturated carbocycles. The fourth-order valence-electron chi connectivity index (χ4n) is 1.27. The summed E-state index contributed by atoms with van der Waals surface area (Å²) in [6.45, 7) is 3.11. The van der Waals surface area contributed by atoms with Crippen LogP contribution in [0.25, 0.3) is 0 Å². The molecule has 0 aromatic heterocycles. The Bertz CT molecular complexity index is 281. The lowest BCUT2D eigenvalue weighted by atomic mass is 10.2. The van der Waals surface area contributed by atoms with E-state index in [1.807, 2.05) is 11.8 Å². The van der Waals surface area contributed by atoms with E-state index in [9.17, 15) is 0 Å². The van der Waals surface area contributed by atoms with E-state index in [4.69, 9.17) is 4.74 Å². The first kappa shape index (κ1) is 9.10. The van der Waals surface area contributed by atoms with Crippen LogP contribution in [0.1, 0.15) is 11.1 Å². The Labute approximate surface area is 83.5 Å². The molecule has 2 heteroatoms. The minimum atomic E-state index is 0.551. The van der Waals surface area contributed by atoms with E-state index in [1.54, 1.807) is 0 Å². The maximum atomic E-state index is 5.15. The first-order valence-electron chi connectivity index (χ1n) is 4.59. The summed E-state index contributed by atoms with van der Waals surface area (Å²) in [5.41, 5.74) is 2.77. The maximum Gasteiger partial charge on any atom is 0.0900 e. The van der Waals surface area contributed by atoms with E-state index >= 15 is 0 Å². The normalized spacial score (nSPS) is 20.2. The molecule has 70 valence electrons. The van der Waals surface area contributed by atoms with Crippen molar-refractivity contribution in [2.24, 2.45) is 0 Å². The van der Waals surface area contributed by atoms with Crippen LogP contribution in [-0.4, -0.2) is 18.5 Å². The van der Waals surface area contributed by atoms with Gasteiger partial charge in [-0.05, 0) is 12.5 Å². The molecule has 0 spiro atoms. The molecule has 1 unspecified atom stereocenters. The van der Waals surface area contributed by atoms with Crippen molar-refractivity contribution in [3.8, 4) is 0 Å². The second-order valence-electron chi connectivity index (χ2n) is 3.46. The number of aryl methyl sites for hydroxylation is 1. The van der Waals surface area contributed by atoms with E-state index in [1.165, 1.54) is 11.1 Å². The molecule has 1 saturated heterocycles. The molecule has 2 rings (SSSR count). The maximum absolute atomic E-state index is 5.15. The average molecular weight is 194 g/mol. The summed E-state index contributed by atoms with van der Waals surface area (Å²) in [5, 5.41) is 0. The van der Waals surface area contributed by atoms with Crippen molar-refractivity contribution in [2.45, 2.75) is 18.8 Å². The Morgan fingerprint density at radius 2 is 2.38 bits per heavy atom. The number of rotatable bonds is 4. The topological polar surface area (TPSA) is 12.5 Å². The van der Waals surface area contributed by atoms with Gasteiger partial charge < -0.3 is 4.74 Å². The number of epoxide rings is 1. The fourth-order valence-corrected chi connectivity index (χ4v) is 2.26. The highest BCUT2D eigenvalue weighted by atomic mass is 32.2. The van der Waals surface area contributed by atoms with Crippen molar-refractivity contribution >= 4 is 11.8 Å². The summed E-state index contributed by atoms with van der Waals surface area (Å²) in [6.07, 6.45) is 0.551. The zero-order valence-electron chi connectivity index (χ0n) is 7.82. The third-order valence-corrected chi connectivity index (χ3v) is 3.20. The number of benzene rings is 1. The zero-order chi connectivity index (χ0) is 9.10. The number of ether oxygens (including phenoxy) is 1. The lowest BCUT2D eigenvalue weighted by Crippen LogP contribution is -1.90. The lowest BCUT2D eigenvalue weighted by Gasteiger charge is -2.00. The van der Waals surface area contributed by atoms with Crippen LogP contribution in [0.3, 0.4) is 0 Å². The molecular weight excluding hydrogens is 180 g/mol. The first-order valence-corrected chi connectivity index (χ1v) is 5.75. The molecule has 1 aliphatic rings. The largest absolute Gasteiger partial charge is 0.372 e. The molecule has 0 aliphatic carbocycles. The summed E-state index contributed by atoms with van der Waals surface area (Å²) >= 11 is 1.96. The molecule has 1 nitrogen and oxygen atoms in total. The van der Waals surface area contributed by atoms with Crippen molar-refractivity contribution in [3.63, 3.8) is 0 Å². The first-order chi connectivity index (χ1) is 6.34. The van der Waals surface area contributed by atoms with Gasteiger partial charge in [-0.25, -0.2) is 0 Å². The highest BCUT2D eigenvalue weighted by Gasteiger charge is 2.21. The molecule has 0 N–H and O–H groups in total. The molecule has 1 aliphatic heterocycles. The Hall–Kier alpha value is -0.470. The molecule has 1 aromatic carbocycles. The van der Waals surface area contributed by atoms with Gasteiger partial charge in [-0.3, -0.25) is 0 Å². The molecular formula is C11H14OS. The van der Waals surface area contributed by atoms with Crippen LogP contribution in [0.2, 0.25) is 0 Å². The molecule has 0 amide bonds. The molecule has 1 aromatic rings. The van der Waals surface area contributed by atoms with E-state index in [0.29, 0.717) is 6.10 Å². The van der Waals surface area contributed by atoms with E-state index in [2.05, 4.69) is 31.2 Å². The summed E-state index contributed by atoms with van der Waals surface area (Å²) in [4.78, 5) is 0. The lowest BCUT2D eigenvalue weighted by molar-refractivity contribution is 0.426. The Morgan fingerprint density at radius 3 is 3.08 bits per heavy atom.